The smallest absolute Gasteiger partial charge is 0.306 e. The molecular formula is C13H19N3O3. The van der Waals surface area contributed by atoms with Crippen molar-refractivity contribution in [2.24, 2.45) is 11.8 Å². The molecule has 1 aromatic heterocycles. The first-order valence-electron chi connectivity index (χ1n) is 6.46. The molecule has 0 amide bonds. The summed E-state index contributed by atoms with van der Waals surface area (Å²) in [4.78, 5) is 19.5. The van der Waals surface area contributed by atoms with Crippen LogP contribution in [0.4, 0.5) is 5.82 Å². The summed E-state index contributed by atoms with van der Waals surface area (Å²) in [6, 6.07) is 1.72. The predicted octanol–water partition coefficient (Wildman–Crippen LogP) is 1.71. The minimum absolute atomic E-state index is 0.166. The Balaban J connectivity index is 1.98. The number of aryl methyl sites for hydroxylation is 1. The number of methoxy groups -OCH3 is 1. The highest BCUT2D eigenvalue weighted by molar-refractivity contribution is 5.70. The molecule has 1 aromatic rings. The number of aromatic nitrogens is 2. The Hall–Kier alpha value is -1.85. The maximum Gasteiger partial charge on any atom is 0.306 e. The van der Waals surface area contributed by atoms with Crippen LogP contribution in [-0.2, 0) is 4.79 Å². The van der Waals surface area contributed by atoms with Crippen molar-refractivity contribution in [1.82, 2.24) is 9.97 Å². The van der Waals surface area contributed by atoms with E-state index >= 15 is 0 Å². The van der Waals surface area contributed by atoms with Gasteiger partial charge >= 0.3 is 5.97 Å². The van der Waals surface area contributed by atoms with Crippen LogP contribution in [0.2, 0.25) is 0 Å². The number of nitrogens with one attached hydrogen (secondary N) is 1. The quantitative estimate of drug-likeness (QED) is 0.843. The summed E-state index contributed by atoms with van der Waals surface area (Å²) in [7, 11) is 1.56. The van der Waals surface area contributed by atoms with Crippen LogP contribution in [0, 0.1) is 18.8 Å². The number of carboxylic acids is 1. The summed E-state index contributed by atoms with van der Waals surface area (Å²) in [6.07, 6.45) is 2.70. The molecule has 1 saturated carbocycles. The number of rotatable bonds is 5. The SMILES string of the molecule is COc1cc(NCC2CCCC2C(=O)O)nc(C)n1. The molecule has 0 radical (unpaired) electrons. The molecule has 0 bridgehead atoms. The van der Waals surface area contributed by atoms with E-state index in [1.165, 1.54) is 0 Å². The Labute approximate surface area is 112 Å². The topological polar surface area (TPSA) is 84.3 Å². The van der Waals surface area contributed by atoms with E-state index in [2.05, 4.69) is 15.3 Å². The number of hydrogen-bond acceptors (Lipinski definition) is 5. The first-order valence-corrected chi connectivity index (χ1v) is 6.46. The summed E-state index contributed by atoms with van der Waals surface area (Å²) >= 11 is 0. The lowest BCUT2D eigenvalue weighted by molar-refractivity contribution is -0.142. The minimum atomic E-state index is -0.694. The lowest BCUT2D eigenvalue weighted by Gasteiger charge is -2.17. The van der Waals surface area contributed by atoms with Gasteiger partial charge in [0.2, 0.25) is 5.88 Å². The Morgan fingerprint density at radius 2 is 2.32 bits per heavy atom. The number of hydrogen-bond donors (Lipinski definition) is 2. The zero-order chi connectivity index (χ0) is 13.8. The van der Waals surface area contributed by atoms with Gasteiger partial charge in [-0.2, -0.15) is 4.98 Å². The molecule has 0 spiro atoms. The average molecular weight is 265 g/mol. The zero-order valence-electron chi connectivity index (χ0n) is 11.2. The van der Waals surface area contributed by atoms with E-state index in [1.807, 2.05) is 0 Å². The number of nitrogens with zero attached hydrogens (tertiary/aromatic N) is 2. The second-order valence-electron chi connectivity index (χ2n) is 4.86. The lowest BCUT2D eigenvalue weighted by Crippen LogP contribution is -2.24. The summed E-state index contributed by atoms with van der Waals surface area (Å²) in [5.41, 5.74) is 0. The molecule has 6 heteroatoms. The molecule has 0 saturated heterocycles. The van der Waals surface area contributed by atoms with Gasteiger partial charge in [0, 0.05) is 12.6 Å². The highest BCUT2D eigenvalue weighted by Gasteiger charge is 2.32. The molecule has 1 aliphatic carbocycles. The highest BCUT2D eigenvalue weighted by atomic mass is 16.5. The average Bonchev–Trinajstić information content (AvgIpc) is 2.84. The largest absolute Gasteiger partial charge is 0.481 e. The minimum Gasteiger partial charge on any atom is -0.481 e. The van der Waals surface area contributed by atoms with E-state index in [4.69, 9.17) is 9.84 Å². The molecule has 2 atom stereocenters. The van der Waals surface area contributed by atoms with Gasteiger partial charge < -0.3 is 15.2 Å². The molecule has 2 rings (SSSR count). The van der Waals surface area contributed by atoms with Crippen molar-refractivity contribution in [3.63, 3.8) is 0 Å². The van der Waals surface area contributed by atoms with Crippen LogP contribution in [0.25, 0.3) is 0 Å². The number of ether oxygens (including phenoxy) is 1. The van der Waals surface area contributed by atoms with Gasteiger partial charge in [-0.05, 0) is 25.7 Å². The van der Waals surface area contributed by atoms with E-state index in [0.29, 0.717) is 24.1 Å². The molecule has 1 aliphatic rings. The van der Waals surface area contributed by atoms with Gasteiger partial charge in [0.1, 0.15) is 11.6 Å². The maximum absolute atomic E-state index is 11.1. The van der Waals surface area contributed by atoms with Crippen molar-refractivity contribution in [1.29, 1.82) is 0 Å². The van der Waals surface area contributed by atoms with Crippen molar-refractivity contribution in [3.8, 4) is 5.88 Å². The molecule has 0 aromatic carbocycles. The van der Waals surface area contributed by atoms with Gasteiger partial charge in [-0.25, -0.2) is 4.98 Å². The summed E-state index contributed by atoms with van der Waals surface area (Å²) in [5, 5.41) is 12.3. The van der Waals surface area contributed by atoms with E-state index in [1.54, 1.807) is 20.1 Å². The first-order chi connectivity index (χ1) is 9.10. The third-order valence-electron chi connectivity index (χ3n) is 3.55. The Bertz CT molecular complexity index is 464. The summed E-state index contributed by atoms with van der Waals surface area (Å²) in [5.74, 6) is 1.05. The second kappa shape index (κ2) is 5.86. The third kappa shape index (κ3) is 3.33. The van der Waals surface area contributed by atoms with E-state index in [-0.39, 0.29) is 11.8 Å². The third-order valence-corrected chi connectivity index (χ3v) is 3.55. The van der Waals surface area contributed by atoms with Crippen LogP contribution in [0.3, 0.4) is 0 Å². The Morgan fingerprint density at radius 1 is 1.53 bits per heavy atom. The van der Waals surface area contributed by atoms with Crippen molar-refractivity contribution < 1.29 is 14.6 Å². The van der Waals surface area contributed by atoms with Gasteiger partial charge in [-0.3, -0.25) is 4.79 Å². The van der Waals surface area contributed by atoms with Crippen LogP contribution in [0.15, 0.2) is 6.07 Å². The molecular weight excluding hydrogens is 246 g/mol. The predicted molar refractivity (Wildman–Crippen MR) is 70.3 cm³/mol. The van der Waals surface area contributed by atoms with Crippen molar-refractivity contribution in [2.45, 2.75) is 26.2 Å². The molecule has 2 N–H and O–H groups in total. The summed E-state index contributed by atoms with van der Waals surface area (Å²) < 4.78 is 5.08. The fourth-order valence-electron chi connectivity index (χ4n) is 2.58. The van der Waals surface area contributed by atoms with Gasteiger partial charge in [-0.1, -0.05) is 6.42 Å². The molecule has 19 heavy (non-hydrogen) atoms. The van der Waals surface area contributed by atoms with E-state index in [9.17, 15) is 4.79 Å². The number of aliphatic carboxylic acids is 1. The van der Waals surface area contributed by atoms with E-state index in [0.717, 1.165) is 19.3 Å². The van der Waals surface area contributed by atoms with Crippen LogP contribution in [0.1, 0.15) is 25.1 Å². The lowest BCUT2D eigenvalue weighted by atomic mass is 9.96. The molecule has 1 heterocycles. The summed E-state index contributed by atoms with van der Waals surface area (Å²) in [6.45, 7) is 2.42. The van der Waals surface area contributed by atoms with Crippen LogP contribution in [0.5, 0.6) is 5.88 Å². The van der Waals surface area contributed by atoms with Crippen molar-refractivity contribution in [3.05, 3.63) is 11.9 Å². The fraction of sp³-hybridized carbons (Fsp3) is 0.615. The van der Waals surface area contributed by atoms with Gasteiger partial charge in [0.25, 0.3) is 0 Å². The molecule has 6 nitrogen and oxygen atoms in total. The van der Waals surface area contributed by atoms with Gasteiger partial charge in [-0.15, -0.1) is 0 Å². The monoisotopic (exact) mass is 265 g/mol. The van der Waals surface area contributed by atoms with Crippen molar-refractivity contribution in [2.75, 3.05) is 19.0 Å². The van der Waals surface area contributed by atoms with Gasteiger partial charge in [0.05, 0.1) is 13.0 Å². The number of carbonyl (C=O) groups is 1. The van der Waals surface area contributed by atoms with E-state index < -0.39 is 5.97 Å². The van der Waals surface area contributed by atoms with Crippen LogP contribution in [-0.4, -0.2) is 34.7 Å². The zero-order valence-corrected chi connectivity index (χ0v) is 11.2. The second-order valence-corrected chi connectivity index (χ2v) is 4.86. The molecule has 104 valence electrons. The number of carboxylic acid groups (broad SMARTS) is 1. The molecule has 0 aliphatic heterocycles. The first kappa shape index (κ1) is 13.6. The molecule has 2 unspecified atom stereocenters. The number of anilines is 1. The normalized spacial score (nSPS) is 22.2. The van der Waals surface area contributed by atoms with Crippen LogP contribution >= 0.6 is 0 Å². The van der Waals surface area contributed by atoms with Crippen LogP contribution < -0.4 is 10.1 Å². The van der Waals surface area contributed by atoms with Gasteiger partial charge in [0.15, 0.2) is 0 Å². The fourth-order valence-corrected chi connectivity index (χ4v) is 2.58. The molecule has 1 fully saturated rings. The maximum atomic E-state index is 11.1. The highest BCUT2D eigenvalue weighted by Crippen LogP contribution is 2.32. The van der Waals surface area contributed by atoms with Crippen molar-refractivity contribution >= 4 is 11.8 Å². The Morgan fingerprint density at radius 3 is 3.00 bits per heavy atom. The Kier molecular flexibility index (Phi) is 4.19. The standard InChI is InChI=1S/C13H19N3O3/c1-8-15-11(6-12(16-8)19-2)14-7-9-4-3-5-10(9)13(17)18/h6,9-10H,3-5,7H2,1-2H3,(H,17,18)(H,14,15,16).